The Bertz CT molecular complexity index is 2140. The van der Waals surface area contributed by atoms with Gasteiger partial charge in [-0.15, -0.1) is 0 Å². The predicted octanol–water partition coefficient (Wildman–Crippen LogP) is 8.63. The van der Waals surface area contributed by atoms with E-state index in [1.54, 1.807) is 95.3 Å². The van der Waals surface area contributed by atoms with Crippen LogP contribution in [0.5, 0.6) is 0 Å². The van der Waals surface area contributed by atoms with Crippen LogP contribution in [0.2, 0.25) is 0 Å². The molecule has 6 amide bonds. The van der Waals surface area contributed by atoms with Gasteiger partial charge in [0.2, 0.25) is 23.6 Å². The minimum Gasteiger partial charge on any atom is -0.445 e. The number of hydrogen-bond donors (Lipinski definition) is 3. The van der Waals surface area contributed by atoms with E-state index in [1.807, 2.05) is 59.7 Å². The zero-order valence-corrected chi connectivity index (χ0v) is 49.4. The standard InChI is InChI=1S/C55H87N6O11PS2/c1-14-35(6)48(43(69-12)31-45(62)61-30-20-23-41(61)50(70-13)36(7)51(64)56-37(8)49(63)39-21-16-15-17-22-39)59(10)53(66)46(33(2)3)57-52(65)47(34(4)5)60(11)54(67)71-32-38-26-28-40(29-27-38)58(9)55(68)72-42-24-18-19-25-44(42)74-75-73/h15-17,21-22,26-29,33-37,41-44,46-50,63H,14,18-20,23-25,30-32,73H2,1-13H3,(H,56,64)(H,57,65)/t35-,36+,37+,41-,42-,43+,44-,46-,47-,48-,49+,50+/m0/s1. The molecule has 0 spiro atoms. The summed E-state index contributed by atoms with van der Waals surface area (Å²) in [5.74, 6) is -2.89. The number of likely N-dealkylation sites (N-methyl/N-ethyl adjacent to an activating group) is 2. The summed E-state index contributed by atoms with van der Waals surface area (Å²) < 4.78 is 23.7. The van der Waals surface area contributed by atoms with E-state index < -0.39 is 72.5 Å². The molecule has 1 heterocycles. The molecule has 1 saturated heterocycles. The summed E-state index contributed by atoms with van der Waals surface area (Å²) in [5, 5.41) is 17.1. The predicted molar refractivity (Wildman–Crippen MR) is 301 cm³/mol. The number of aliphatic hydroxyl groups excluding tert-OH is 1. The lowest BCUT2D eigenvalue weighted by atomic mass is 9.89. The molecule has 2 aromatic carbocycles. The van der Waals surface area contributed by atoms with Crippen molar-refractivity contribution in [2.75, 3.05) is 46.8 Å². The second kappa shape index (κ2) is 30.7. The third-order valence-electron chi connectivity index (χ3n) is 15.1. The zero-order valence-electron chi connectivity index (χ0n) is 46.6. The van der Waals surface area contributed by atoms with Crippen molar-refractivity contribution in [3.8, 4) is 0 Å². The average molecular weight is 1100 g/mol. The van der Waals surface area contributed by atoms with E-state index in [9.17, 15) is 33.9 Å². The lowest BCUT2D eigenvalue weighted by molar-refractivity contribution is -0.148. The van der Waals surface area contributed by atoms with Gasteiger partial charge in [-0.3, -0.25) is 29.0 Å². The molecule has 17 nitrogen and oxygen atoms in total. The molecular weight excluding hydrogens is 1020 g/mol. The summed E-state index contributed by atoms with van der Waals surface area (Å²) in [4.78, 5) is 89.8. The molecule has 0 aromatic heterocycles. The van der Waals surface area contributed by atoms with Gasteiger partial charge in [-0.1, -0.05) is 133 Å². The second-order valence-electron chi connectivity index (χ2n) is 21.0. The van der Waals surface area contributed by atoms with Crippen molar-refractivity contribution >= 4 is 71.2 Å². The maximum atomic E-state index is 14.7. The third kappa shape index (κ3) is 17.2. The monoisotopic (exact) mass is 1100 g/mol. The van der Waals surface area contributed by atoms with Gasteiger partial charge in [0, 0.05) is 47.6 Å². The smallest absolute Gasteiger partial charge is 0.414 e. The van der Waals surface area contributed by atoms with Crippen molar-refractivity contribution in [1.82, 2.24) is 25.3 Å². The number of carbonyl (C=O) groups excluding carboxylic acids is 6. The molecule has 3 N–H and O–H groups in total. The van der Waals surface area contributed by atoms with Crippen molar-refractivity contribution in [3.63, 3.8) is 0 Å². The molecule has 1 aliphatic carbocycles. The number of benzene rings is 2. The molecule has 0 bridgehead atoms. The van der Waals surface area contributed by atoms with Gasteiger partial charge < -0.3 is 44.5 Å². The molecule has 1 saturated carbocycles. The summed E-state index contributed by atoms with van der Waals surface area (Å²) in [7, 11) is 13.9. The fourth-order valence-corrected chi connectivity index (χ4v) is 13.5. The highest BCUT2D eigenvalue weighted by Crippen LogP contribution is 2.41. The van der Waals surface area contributed by atoms with Crippen LogP contribution < -0.4 is 15.5 Å². The summed E-state index contributed by atoms with van der Waals surface area (Å²) in [6.07, 6.45) is 2.35. The molecule has 4 rings (SSSR count). The molecule has 0 radical (unpaired) electrons. The maximum Gasteiger partial charge on any atom is 0.414 e. The first kappa shape index (κ1) is 63.4. The van der Waals surface area contributed by atoms with Crippen molar-refractivity contribution in [1.29, 1.82) is 0 Å². The Hall–Kier alpha value is -4.13. The van der Waals surface area contributed by atoms with Crippen LogP contribution in [-0.2, 0) is 44.7 Å². The molecule has 20 heteroatoms. The fourth-order valence-electron chi connectivity index (χ4n) is 10.4. The fraction of sp³-hybridized carbons (Fsp3) is 0.673. The van der Waals surface area contributed by atoms with Crippen LogP contribution in [0, 0.1) is 23.7 Å². The Morgan fingerprint density at radius 2 is 1.45 bits per heavy atom. The molecule has 420 valence electrons. The van der Waals surface area contributed by atoms with Crippen LogP contribution in [0.25, 0.3) is 0 Å². The minimum absolute atomic E-state index is 0.0496. The van der Waals surface area contributed by atoms with Gasteiger partial charge in [-0.2, -0.15) is 0 Å². The van der Waals surface area contributed by atoms with Gasteiger partial charge >= 0.3 is 12.2 Å². The van der Waals surface area contributed by atoms with Gasteiger partial charge in [0.1, 0.15) is 24.8 Å². The zero-order chi connectivity index (χ0) is 55.7. The maximum absolute atomic E-state index is 14.7. The van der Waals surface area contributed by atoms with Gasteiger partial charge in [0.15, 0.2) is 0 Å². The van der Waals surface area contributed by atoms with Gasteiger partial charge in [-0.25, -0.2) is 9.59 Å². The molecule has 13 atom stereocenters. The number of ether oxygens (including phenoxy) is 4. The normalized spacial score (nSPS) is 20.4. The molecule has 2 aliphatic rings. The number of rotatable bonds is 26. The van der Waals surface area contributed by atoms with Gasteiger partial charge in [-0.05, 0) is 80.0 Å². The van der Waals surface area contributed by atoms with Crippen molar-refractivity contribution < 1.29 is 52.8 Å². The largest absolute Gasteiger partial charge is 0.445 e. The van der Waals surface area contributed by atoms with Crippen LogP contribution in [0.4, 0.5) is 15.3 Å². The number of methoxy groups -OCH3 is 2. The number of likely N-dealkylation sites (tertiary alicyclic amines) is 1. The molecule has 2 aromatic rings. The summed E-state index contributed by atoms with van der Waals surface area (Å²) >= 11 is 0. The van der Waals surface area contributed by atoms with Crippen LogP contribution in [0.3, 0.4) is 0 Å². The average Bonchev–Trinajstić information content (AvgIpc) is 3.89. The van der Waals surface area contributed by atoms with Crippen LogP contribution in [0.1, 0.15) is 124 Å². The van der Waals surface area contributed by atoms with Crippen LogP contribution >= 0.6 is 29.6 Å². The first-order valence-electron chi connectivity index (χ1n) is 26.5. The Morgan fingerprint density at radius 1 is 0.800 bits per heavy atom. The lowest BCUT2D eigenvalue weighted by Crippen LogP contribution is -2.60. The molecule has 1 unspecified atom stereocenters. The van der Waals surface area contributed by atoms with Crippen molar-refractivity contribution in [2.45, 2.75) is 173 Å². The number of aliphatic hydroxyl groups is 1. The number of amides is 6. The molecular formula is C55H87N6O11PS2. The highest BCUT2D eigenvalue weighted by Gasteiger charge is 2.44. The Morgan fingerprint density at radius 3 is 2.04 bits per heavy atom. The van der Waals surface area contributed by atoms with E-state index in [0.717, 1.165) is 25.7 Å². The van der Waals surface area contributed by atoms with Crippen molar-refractivity contribution in [3.05, 3.63) is 65.7 Å². The van der Waals surface area contributed by atoms with E-state index in [1.165, 1.54) is 31.1 Å². The molecule has 1 aliphatic heterocycles. The van der Waals surface area contributed by atoms with Crippen LogP contribution in [0.15, 0.2) is 54.6 Å². The minimum atomic E-state index is -0.993. The van der Waals surface area contributed by atoms with E-state index in [-0.39, 0.29) is 59.9 Å². The molecule has 2 fully saturated rings. The highest BCUT2D eigenvalue weighted by molar-refractivity contribution is 8.94. The third-order valence-corrected chi connectivity index (χ3v) is 18.1. The summed E-state index contributed by atoms with van der Waals surface area (Å²) in [6, 6.07) is 12.6. The topological polar surface area (TPSA) is 197 Å². The Balaban J connectivity index is 1.40. The first-order chi connectivity index (χ1) is 35.6. The van der Waals surface area contributed by atoms with E-state index in [2.05, 4.69) is 19.1 Å². The summed E-state index contributed by atoms with van der Waals surface area (Å²) in [6.45, 7) is 15.2. The quantitative estimate of drug-likeness (QED) is 0.0599. The van der Waals surface area contributed by atoms with E-state index in [4.69, 9.17) is 18.9 Å². The lowest BCUT2D eigenvalue weighted by Gasteiger charge is -2.41. The van der Waals surface area contributed by atoms with E-state index >= 15 is 0 Å². The Labute approximate surface area is 456 Å². The number of carbonyl (C=O) groups is 6. The number of nitrogens with one attached hydrogen (secondary N) is 2. The van der Waals surface area contributed by atoms with Gasteiger partial charge in [0.05, 0.1) is 54.0 Å². The Kier molecular flexibility index (Phi) is 26.0. The highest BCUT2D eigenvalue weighted by atomic mass is 33.3. The van der Waals surface area contributed by atoms with Crippen molar-refractivity contribution in [2.24, 2.45) is 23.7 Å². The molecule has 75 heavy (non-hydrogen) atoms. The van der Waals surface area contributed by atoms with Gasteiger partial charge in [0.25, 0.3) is 0 Å². The van der Waals surface area contributed by atoms with E-state index in [0.29, 0.717) is 42.6 Å². The number of anilines is 1. The number of hydrogen-bond acceptors (Lipinski definition) is 13. The SMILES string of the molecule is CC[C@H](C)[C@@H]([C@@H](CC(=O)N1CCC[C@H]1[C@H](OC)[C@@H](C)C(=O)N[C@H](C)[C@@H](O)c1ccccc1)OC)N(C)C(=O)[C@@H](NC(=O)[C@H](C(C)C)N(C)C(=O)OCc1ccc(N(C)C(=O)O[C@H]2CCCC[C@@H]2SSP)cc1)C(C)C. The summed E-state index contributed by atoms with van der Waals surface area (Å²) in [5.41, 5.74) is 1.99. The van der Waals surface area contributed by atoms with Crippen LogP contribution in [-0.4, -0.2) is 151 Å². The second-order valence-corrected chi connectivity index (χ2v) is 24.9. The first-order valence-corrected chi connectivity index (χ1v) is 30.2. The number of nitrogens with zero attached hydrogens (tertiary/aromatic N) is 4.